The third kappa shape index (κ3) is 2.21. The maximum atomic E-state index is 14.1. The lowest BCUT2D eigenvalue weighted by molar-refractivity contribution is 0.413. The molecule has 0 bridgehead atoms. The Morgan fingerprint density at radius 3 is 2.62 bits per heavy atom. The minimum atomic E-state index is -0.435. The third-order valence-electron chi connectivity index (χ3n) is 3.36. The van der Waals surface area contributed by atoms with E-state index in [9.17, 15) is 8.78 Å². The molecule has 0 atom stereocenters. The van der Waals surface area contributed by atoms with Crippen molar-refractivity contribution in [2.24, 2.45) is 0 Å². The van der Waals surface area contributed by atoms with Crippen LogP contribution in [0.4, 0.5) is 8.78 Å². The molecule has 0 amide bonds. The van der Waals surface area contributed by atoms with Crippen LogP contribution in [-0.4, -0.2) is 16.7 Å². The minimum Gasteiger partial charge on any atom is -0.497 e. The van der Waals surface area contributed by atoms with Gasteiger partial charge in [0.05, 0.1) is 23.8 Å². The molecule has 3 nitrogen and oxygen atoms in total. The van der Waals surface area contributed by atoms with E-state index in [2.05, 4.69) is 4.98 Å². The van der Waals surface area contributed by atoms with Gasteiger partial charge in [-0.25, -0.2) is 8.78 Å². The van der Waals surface area contributed by atoms with Crippen molar-refractivity contribution in [2.45, 2.75) is 6.92 Å². The van der Waals surface area contributed by atoms with Gasteiger partial charge in [0, 0.05) is 6.07 Å². The summed E-state index contributed by atoms with van der Waals surface area (Å²) >= 11 is 5.24. The second kappa shape index (κ2) is 4.96. The molecule has 0 saturated carbocycles. The molecule has 0 spiro atoms. The van der Waals surface area contributed by atoms with E-state index in [-0.39, 0.29) is 11.5 Å². The molecule has 3 rings (SSSR count). The molecule has 2 aromatic carbocycles. The molecule has 0 fully saturated rings. The summed E-state index contributed by atoms with van der Waals surface area (Å²) in [5.41, 5.74) is 1.86. The molecule has 21 heavy (non-hydrogen) atoms. The van der Waals surface area contributed by atoms with Gasteiger partial charge in [-0.2, -0.15) is 0 Å². The molecule has 1 aromatic heterocycles. The summed E-state index contributed by atoms with van der Waals surface area (Å²) in [4.78, 5) is 2.89. The second-order valence-electron chi connectivity index (χ2n) is 4.70. The summed E-state index contributed by atoms with van der Waals surface area (Å²) in [7, 11) is 1.51. The fourth-order valence-electron chi connectivity index (χ4n) is 2.26. The number of hydrogen-bond donors (Lipinski definition) is 1. The third-order valence-corrected chi connectivity index (χ3v) is 3.64. The lowest BCUT2D eigenvalue weighted by Gasteiger charge is -2.09. The number of fused-ring (bicyclic) bond motifs is 1. The summed E-state index contributed by atoms with van der Waals surface area (Å²) < 4.78 is 34.7. The number of nitrogens with zero attached hydrogens (tertiary/aromatic N) is 1. The van der Waals surface area contributed by atoms with Gasteiger partial charge in [-0.05, 0) is 49.0 Å². The SMILES string of the molecule is COc1ccc(F)c(-n2c(=S)[nH]c3cc(F)c(C)cc32)c1. The maximum Gasteiger partial charge on any atom is 0.182 e. The van der Waals surface area contributed by atoms with Gasteiger partial charge in [0.2, 0.25) is 0 Å². The molecule has 6 heteroatoms. The fourth-order valence-corrected chi connectivity index (χ4v) is 2.57. The standard InChI is InChI=1S/C15H12F2N2OS/c1-8-5-14-12(7-11(8)17)18-15(21)19(14)13-6-9(20-2)3-4-10(13)16/h3-7H,1-2H3,(H,18,21). The monoisotopic (exact) mass is 306 g/mol. The summed E-state index contributed by atoms with van der Waals surface area (Å²) in [6, 6.07) is 7.38. The fraction of sp³-hybridized carbons (Fsp3) is 0.133. The van der Waals surface area contributed by atoms with Gasteiger partial charge in [0.25, 0.3) is 0 Å². The van der Waals surface area contributed by atoms with Gasteiger partial charge < -0.3 is 9.72 Å². The Morgan fingerprint density at radius 2 is 1.90 bits per heavy atom. The average Bonchev–Trinajstić information content (AvgIpc) is 2.75. The van der Waals surface area contributed by atoms with Crippen molar-refractivity contribution in [3.63, 3.8) is 0 Å². The van der Waals surface area contributed by atoms with Gasteiger partial charge in [-0.1, -0.05) is 0 Å². The first-order valence-electron chi connectivity index (χ1n) is 6.26. The van der Waals surface area contributed by atoms with Crippen LogP contribution in [-0.2, 0) is 0 Å². The van der Waals surface area contributed by atoms with Crippen LogP contribution in [0.5, 0.6) is 5.75 Å². The molecular formula is C15H12F2N2OS. The second-order valence-corrected chi connectivity index (χ2v) is 5.09. The number of methoxy groups -OCH3 is 1. The highest BCUT2D eigenvalue weighted by atomic mass is 32.1. The summed E-state index contributed by atoms with van der Waals surface area (Å²) in [6.07, 6.45) is 0. The smallest absolute Gasteiger partial charge is 0.182 e. The van der Waals surface area contributed by atoms with Gasteiger partial charge in [-0.15, -0.1) is 0 Å². The maximum absolute atomic E-state index is 14.1. The summed E-state index contributed by atoms with van der Waals surface area (Å²) in [5.74, 6) is -0.256. The van der Waals surface area contributed by atoms with Crippen molar-refractivity contribution in [3.05, 3.63) is 52.3 Å². The largest absolute Gasteiger partial charge is 0.497 e. The molecule has 0 radical (unpaired) electrons. The van der Waals surface area contributed by atoms with Gasteiger partial charge >= 0.3 is 0 Å². The Kier molecular flexibility index (Phi) is 3.25. The Bertz CT molecular complexity index is 899. The highest BCUT2D eigenvalue weighted by Gasteiger charge is 2.13. The molecule has 0 aliphatic rings. The highest BCUT2D eigenvalue weighted by Crippen LogP contribution is 2.26. The van der Waals surface area contributed by atoms with Crippen LogP contribution in [0.15, 0.2) is 30.3 Å². The number of imidazole rings is 1. The number of rotatable bonds is 2. The van der Waals surface area contributed by atoms with E-state index in [1.807, 2.05) is 0 Å². The number of H-pyrrole nitrogens is 1. The molecule has 0 saturated heterocycles. The molecule has 1 heterocycles. The zero-order valence-electron chi connectivity index (χ0n) is 11.4. The lowest BCUT2D eigenvalue weighted by atomic mass is 10.2. The zero-order valence-corrected chi connectivity index (χ0v) is 12.2. The van der Waals surface area contributed by atoms with Crippen LogP contribution in [0, 0.1) is 23.3 Å². The number of hydrogen-bond acceptors (Lipinski definition) is 2. The molecular weight excluding hydrogens is 294 g/mol. The molecule has 3 aromatic rings. The predicted octanol–water partition coefficient (Wildman–Crippen LogP) is 4.28. The van der Waals surface area contributed by atoms with Gasteiger partial charge in [0.1, 0.15) is 17.4 Å². The minimum absolute atomic E-state index is 0.261. The van der Waals surface area contributed by atoms with Crippen molar-refractivity contribution in [2.75, 3.05) is 7.11 Å². The van der Waals surface area contributed by atoms with E-state index in [0.29, 0.717) is 27.1 Å². The summed E-state index contributed by atoms with van der Waals surface area (Å²) in [6.45, 7) is 1.65. The zero-order chi connectivity index (χ0) is 15.1. The van der Waals surface area contributed by atoms with Crippen LogP contribution in [0.1, 0.15) is 5.56 Å². The van der Waals surface area contributed by atoms with Crippen molar-refractivity contribution >= 4 is 23.3 Å². The van der Waals surface area contributed by atoms with Crippen molar-refractivity contribution in [1.82, 2.24) is 9.55 Å². The normalized spacial score (nSPS) is 11.0. The number of ether oxygens (including phenoxy) is 1. The van der Waals surface area contributed by atoms with E-state index in [1.54, 1.807) is 19.1 Å². The number of nitrogens with one attached hydrogen (secondary N) is 1. The van der Waals surface area contributed by atoms with E-state index >= 15 is 0 Å². The molecule has 0 aliphatic carbocycles. The van der Waals surface area contributed by atoms with Crippen LogP contribution in [0.3, 0.4) is 0 Å². The quantitative estimate of drug-likeness (QED) is 0.716. The van der Waals surface area contributed by atoms with E-state index in [4.69, 9.17) is 17.0 Å². The van der Waals surface area contributed by atoms with E-state index in [1.165, 1.54) is 29.9 Å². The molecule has 0 aliphatic heterocycles. The number of benzene rings is 2. The van der Waals surface area contributed by atoms with Crippen molar-refractivity contribution in [1.29, 1.82) is 0 Å². The Balaban J connectivity index is 2.37. The lowest BCUT2D eigenvalue weighted by Crippen LogP contribution is -1.99. The van der Waals surface area contributed by atoms with Crippen LogP contribution < -0.4 is 4.74 Å². The van der Waals surface area contributed by atoms with Gasteiger partial charge in [0.15, 0.2) is 4.77 Å². The first-order chi connectivity index (χ1) is 10.0. The number of aromatic amines is 1. The Hall–Kier alpha value is -2.21. The molecule has 0 unspecified atom stereocenters. The number of halogens is 2. The first-order valence-corrected chi connectivity index (χ1v) is 6.67. The number of aryl methyl sites for hydroxylation is 1. The Labute approximate surface area is 124 Å². The molecule has 108 valence electrons. The van der Waals surface area contributed by atoms with Crippen molar-refractivity contribution in [3.8, 4) is 11.4 Å². The van der Waals surface area contributed by atoms with Gasteiger partial charge in [-0.3, -0.25) is 4.57 Å². The van der Waals surface area contributed by atoms with Crippen LogP contribution in [0.25, 0.3) is 16.7 Å². The average molecular weight is 306 g/mol. The Morgan fingerprint density at radius 1 is 1.14 bits per heavy atom. The summed E-state index contributed by atoms with van der Waals surface area (Å²) in [5, 5.41) is 0. The van der Waals surface area contributed by atoms with E-state index < -0.39 is 5.82 Å². The number of aromatic nitrogens is 2. The van der Waals surface area contributed by atoms with Crippen molar-refractivity contribution < 1.29 is 13.5 Å². The molecule has 1 N–H and O–H groups in total. The topological polar surface area (TPSA) is 29.9 Å². The first kappa shape index (κ1) is 13.8. The van der Waals surface area contributed by atoms with E-state index in [0.717, 1.165) is 0 Å². The predicted molar refractivity (Wildman–Crippen MR) is 79.7 cm³/mol. The highest BCUT2D eigenvalue weighted by molar-refractivity contribution is 7.71. The van der Waals surface area contributed by atoms with Crippen LogP contribution in [0.2, 0.25) is 0 Å². The van der Waals surface area contributed by atoms with Crippen LogP contribution >= 0.6 is 12.2 Å².